The van der Waals surface area contributed by atoms with E-state index in [2.05, 4.69) is 14.1 Å². The number of hydrogen-bond acceptors (Lipinski definition) is 7. The molecular formula is C16H17O7P. The van der Waals surface area contributed by atoms with Crippen LogP contribution >= 0.6 is 7.60 Å². The van der Waals surface area contributed by atoms with Crippen molar-refractivity contribution < 1.29 is 33.2 Å². The second kappa shape index (κ2) is 9.32. The van der Waals surface area contributed by atoms with Crippen molar-refractivity contribution in [3.8, 4) is 0 Å². The average molecular weight is 352 g/mol. The molecule has 0 aromatic heterocycles. The van der Waals surface area contributed by atoms with Gasteiger partial charge in [0.05, 0.1) is 7.11 Å². The van der Waals surface area contributed by atoms with Gasteiger partial charge in [0.2, 0.25) is 0 Å². The first-order valence-corrected chi connectivity index (χ1v) is 8.57. The molecule has 8 heteroatoms. The third-order valence-corrected chi connectivity index (χ3v) is 4.07. The summed E-state index contributed by atoms with van der Waals surface area (Å²) in [5, 5.41) is 0. The van der Waals surface area contributed by atoms with E-state index in [1.54, 1.807) is 48.5 Å². The van der Waals surface area contributed by atoms with Crippen LogP contribution in [0.5, 0.6) is 0 Å². The Hall–Kier alpha value is -2.02. The minimum atomic E-state index is -4.39. The lowest BCUT2D eigenvalue weighted by Gasteiger charge is -2.13. The molecule has 0 heterocycles. The zero-order valence-corrected chi connectivity index (χ0v) is 13.9. The van der Waals surface area contributed by atoms with Crippen LogP contribution in [0.1, 0.15) is 11.1 Å². The molecule has 0 spiro atoms. The van der Waals surface area contributed by atoms with Crippen LogP contribution < -0.4 is 0 Å². The Bertz CT molecular complexity index is 626. The molecule has 128 valence electrons. The van der Waals surface area contributed by atoms with E-state index in [1.807, 2.05) is 12.1 Å². The van der Waals surface area contributed by atoms with E-state index in [9.17, 15) is 9.36 Å². The Morgan fingerprint density at radius 1 is 0.833 bits per heavy atom. The van der Waals surface area contributed by atoms with Gasteiger partial charge in [0, 0.05) is 0 Å². The second-order valence-corrected chi connectivity index (χ2v) is 6.27. The molecule has 2 aromatic carbocycles. The van der Waals surface area contributed by atoms with Crippen molar-refractivity contribution in [3.05, 3.63) is 71.8 Å². The van der Waals surface area contributed by atoms with Crippen LogP contribution in [0.3, 0.4) is 0 Å². The number of rotatable bonds is 9. The van der Waals surface area contributed by atoms with Crippen molar-refractivity contribution in [1.82, 2.24) is 0 Å². The van der Waals surface area contributed by atoms with Gasteiger partial charge < -0.3 is 4.74 Å². The smallest absolute Gasteiger partial charge is 0.460 e. The normalized spacial score (nSPS) is 11.2. The molecule has 2 rings (SSSR count). The monoisotopic (exact) mass is 352 g/mol. The number of methoxy groups -OCH3 is 1. The molecular weight excluding hydrogens is 335 g/mol. The minimum Gasteiger partial charge on any atom is -0.460 e. The summed E-state index contributed by atoms with van der Waals surface area (Å²) in [6.07, 6.45) is 0. The lowest BCUT2D eigenvalue weighted by Crippen LogP contribution is -2.08. The predicted molar refractivity (Wildman–Crippen MR) is 84.6 cm³/mol. The van der Waals surface area contributed by atoms with Gasteiger partial charge in [0.15, 0.2) is 0 Å². The van der Waals surface area contributed by atoms with Crippen molar-refractivity contribution in [2.75, 3.05) is 7.11 Å². The summed E-state index contributed by atoms with van der Waals surface area (Å²) in [4.78, 5) is 21.3. The molecule has 0 amide bonds. The Kier molecular flexibility index (Phi) is 7.11. The molecule has 0 N–H and O–H groups in total. The van der Waals surface area contributed by atoms with Crippen LogP contribution in [0.15, 0.2) is 60.7 Å². The first kappa shape index (κ1) is 18.3. The Labute approximate surface area is 139 Å². The van der Waals surface area contributed by atoms with Crippen molar-refractivity contribution in [3.63, 3.8) is 0 Å². The molecule has 0 saturated heterocycles. The van der Waals surface area contributed by atoms with Gasteiger partial charge in [0.25, 0.3) is 0 Å². The Balaban J connectivity index is 1.88. The summed E-state index contributed by atoms with van der Waals surface area (Å²) in [5.41, 5.74) is 0.307. The van der Waals surface area contributed by atoms with E-state index in [0.717, 1.165) is 18.2 Å². The lowest BCUT2D eigenvalue weighted by atomic mass is 10.2. The van der Waals surface area contributed by atoms with Crippen LogP contribution in [-0.4, -0.2) is 12.8 Å². The van der Waals surface area contributed by atoms with Crippen LogP contribution in [0, 0.1) is 0 Å². The van der Waals surface area contributed by atoms with Crippen LogP contribution in [0.4, 0.5) is 4.79 Å². The molecule has 0 bridgehead atoms. The molecule has 0 aliphatic carbocycles. The maximum Gasteiger partial charge on any atom is 0.491 e. The maximum atomic E-state index is 12.4. The van der Waals surface area contributed by atoms with E-state index in [4.69, 9.17) is 9.78 Å². The SMILES string of the molecule is COC(=O)P(=O)(OOCc1ccccc1)OOCc1ccccc1. The molecule has 7 nitrogen and oxygen atoms in total. The van der Waals surface area contributed by atoms with Crippen molar-refractivity contribution in [2.24, 2.45) is 0 Å². The summed E-state index contributed by atoms with van der Waals surface area (Å²) in [6.45, 7) is -0.0479. The minimum absolute atomic E-state index is 0.0239. The highest BCUT2D eigenvalue weighted by Gasteiger charge is 2.40. The van der Waals surface area contributed by atoms with E-state index in [-0.39, 0.29) is 13.2 Å². The molecule has 0 aliphatic heterocycles. The zero-order chi connectivity index (χ0) is 17.3. The highest BCUT2D eigenvalue weighted by molar-refractivity contribution is 7.71. The highest BCUT2D eigenvalue weighted by Crippen LogP contribution is 2.50. The summed E-state index contributed by atoms with van der Waals surface area (Å²) in [7, 11) is -3.34. The summed E-state index contributed by atoms with van der Waals surface area (Å²) >= 11 is 0. The lowest BCUT2D eigenvalue weighted by molar-refractivity contribution is -0.274. The van der Waals surface area contributed by atoms with Gasteiger partial charge in [-0.15, -0.1) is 9.35 Å². The van der Waals surface area contributed by atoms with Crippen LogP contribution in [-0.2, 0) is 41.6 Å². The summed E-state index contributed by atoms with van der Waals surface area (Å²) in [6, 6.07) is 18.0. The molecule has 0 radical (unpaired) electrons. The molecule has 0 atom stereocenters. The summed E-state index contributed by atoms with van der Waals surface area (Å²) in [5.74, 6) is 0. The molecule has 0 unspecified atom stereocenters. The summed E-state index contributed by atoms with van der Waals surface area (Å²) < 4.78 is 26.1. The van der Waals surface area contributed by atoms with Crippen molar-refractivity contribution in [2.45, 2.75) is 13.2 Å². The molecule has 0 fully saturated rings. The van der Waals surface area contributed by atoms with E-state index in [0.29, 0.717) is 0 Å². The van der Waals surface area contributed by atoms with Gasteiger partial charge in [0.1, 0.15) is 13.2 Å². The fourth-order valence-electron chi connectivity index (χ4n) is 1.66. The van der Waals surface area contributed by atoms with Crippen molar-refractivity contribution >= 4 is 13.3 Å². The van der Waals surface area contributed by atoms with Crippen LogP contribution in [0.2, 0.25) is 0 Å². The zero-order valence-electron chi connectivity index (χ0n) is 13.0. The topological polar surface area (TPSA) is 80.3 Å². The Morgan fingerprint density at radius 2 is 1.25 bits per heavy atom. The van der Waals surface area contributed by atoms with Gasteiger partial charge in [-0.1, -0.05) is 60.7 Å². The first-order chi connectivity index (χ1) is 11.6. The third-order valence-electron chi connectivity index (χ3n) is 2.84. The number of hydrogen-bond donors (Lipinski definition) is 0. The number of benzene rings is 2. The second-order valence-electron chi connectivity index (χ2n) is 4.61. The van der Waals surface area contributed by atoms with Gasteiger partial charge in [-0.3, -0.25) is 0 Å². The molecule has 24 heavy (non-hydrogen) atoms. The standard InChI is InChI=1S/C16H17O7P/c1-19-16(17)24(18,22-20-12-14-8-4-2-5-9-14)23-21-13-15-10-6-3-7-11-15/h2-11H,12-13H2,1H3. The number of ether oxygens (including phenoxy) is 1. The van der Waals surface area contributed by atoms with Gasteiger partial charge in [-0.25, -0.2) is 19.1 Å². The number of carbonyl (C=O) groups is 1. The quantitative estimate of drug-likeness (QED) is 0.379. The molecule has 0 saturated carbocycles. The third kappa shape index (κ3) is 5.56. The fraction of sp³-hybridized carbons (Fsp3) is 0.188. The van der Waals surface area contributed by atoms with Gasteiger partial charge in [-0.2, -0.15) is 0 Å². The largest absolute Gasteiger partial charge is 0.491 e. The molecule has 0 aliphatic rings. The maximum absolute atomic E-state index is 12.4. The van der Waals surface area contributed by atoms with E-state index in [1.165, 1.54) is 0 Å². The van der Waals surface area contributed by atoms with Crippen LogP contribution in [0.25, 0.3) is 0 Å². The highest BCUT2D eigenvalue weighted by atomic mass is 31.2. The number of carbonyl (C=O) groups excluding carboxylic acids is 1. The fourth-order valence-corrected chi connectivity index (χ4v) is 2.41. The van der Waals surface area contributed by atoms with Gasteiger partial charge in [-0.05, 0) is 11.1 Å². The van der Waals surface area contributed by atoms with E-state index >= 15 is 0 Å². The first-order valence-electron chi connectivity index (χ1n) is 7.03. The predicted octanol–water partition coefficient (Wildman–Crippen LogP) is 4.24. The average Bonchev–Trinajstić information content (AvgIpc) is 2.63. The van der Waals surface area contributed by atoms with Gasteiger partial charge >= 0.3 is 13.3 Å². The van der Waals surface area contributed by atoms with Crippen molar-refractivity contribution in [1.29, 1.82) is 0 Å². The van der Waals surface area contributed by atoms with E-state index < -0.39 is 13.3 Å². The Morgan fingerprint density at radius 3 is 1.62 bits per heavy atom. The molecule has 2 aromatic rings.